The number of nitrogens with zero attached hydrogens (tertiary/aromatic N) is 1. The largest absolute Gasteiger partial charge is 0.491 e. The lowest BCUT2D eigenvalue weighted by Crippen LogP contribution is -2.05. The second-order valence-corrected chi connectivity index (χ2v) is 4.35. The highest BCUT2D eigenvalue weighted by atomic mass is 16.5. The molecule has 0 aliphatic carbocycles. The Bertz CT molecular complexity index is 523. The Morgan fingerprint density at radius 1 is 1.11 bits per heavy atom. The van der Waals surface area contributed by atoms with Gasteiger partial charge in [-0.05, 0) is 38.1 Å². The molecule has 0 fully saturated rings. The zero-order valence-corrected chi connectivity index (χ0v) is 11.0. The number of ether oxygens (including phenoxy) is 1. The van der Waals surface area contributed by atoms with E-state index < -0.39 is 0 Å². The summed E-state index contributed by atoms with van der Waals surface area (Å²) < 4.78 is 5.69. The Labute approximate surface area is 108 Å². The number of anilines is 1. The molecule has 0 spiro atoms. The second-order valence-electron chi connectivity index (χ2n) is 4.35. The van der Waals surface area contributed by atoms with Gasteiger partial charge in [-0.15, -0.1) is 0 Å². The molecule has 1 aromatic heterocycles. The molecule has 1 N–H and O–H groups in total. The van der Waals surface area contributed by atoms with Gasteiger partial charge in [-0.1, -0.05) is 18.2 Å². The molecule has 0 aliphatic heterocycles. The smallest absolute Gasteiger partial charge is 0.126 e. The first-order valence-corrected chi connectivity index (χ1v) is 6.11. The van der Waals surface area contributed by atoms with Crippen molar-refractivity contribution in [1.29, 1.82) is 0 Å². The van der Waals surface area contributed by atoms with E-state index in [-0.39, 0.29) is 6.10 Å². The van der Waals surface area contributed by atoms with Crippen LogP contribution in [-0.4, -0.2) is 18.1 Å². The van der Waals surface area contributed by atoms with Crippen LogP contribution in [0.2, 0.25) is 0 Å². The Balaban J connectivity index is 2.32. The molecule has 1 heterocycles. The number of hydrogen-bond acceptors (Lipinski definition) is 3. The van der Waals surface area contributed by atoms with E-state index in [9.17, 15) is 0 Å². The van der Waals surface area contributed by atoms with Crippen molar-refractivity contribution in [2.45, 2.75) is 20.0 Å². The lowest BCUT2D eigenvalue weighted by Gasteiger charge is -2.11. The van der Waals surface area contributed by atoms with Gasteiger partial charge in [0.15, 0.2) is 0 Å². The van der Waals surface area contributed by atoms with Gasteiger partial charge < -0.3 is 10.1 Å². The minimum Gasteiger partial charge on any atom is -0.491 e. The SMILES string of the molecule is CNc1cccc(-c2cccc(OC(C)C)c2)n1. The first-order valence-electron chi connectivity index (χ1n) is 6.11. The van der Waals surface area contributed by atoms with E-state index in [1.807, 2.05) is 63.4 Å². The van der Waals surface area contributed by atoms with Crippen molar-refractivity contribution in [3.63, 3.8) is 0 Å². The normalized spacial score (nSPS) is 10.4. The number of nitrogens with one attached hydrogen (secondary N) is 1. The fourth-order valence-corrected chi connectivity index (χ4v) is 1.74. The number of pyridine rings is 1. The molecule has 0 saturated heterocycles. The van der Waals surface area contributed by atoms with Gasteiger partial charge >= 0.3 is 0 Å². The number of hydrogen-bond donors (Lipinski definition) is 1. The van der Waals surface area contributed by atoms with Crippen LogP contribution in [0.15, 0.2) is 42.5 Å². The monoisotopic (exact) mass is 242 g/mol. The third-order valence-electron chi connectivity index (χ3n) is 2.51. The summed E-state index contributed by atoms with van der Waals surface area (Å²) in [5, 5.41) is 3.04. The Morgan fingerprint density at radius 3 is 2.61 bits per heavy atom. The van der Waals surface area contributed by atoms with E-state index in [2.05, 4.69) is 10.3 Å². The molecular formula is C15H18N2O. The van der Waals surface area contributed by atoms with Crippen LogP contribution in [0.5, 0.6) is 5.75 Å². The van der Waals surface area contributed by atoms with Crippen molar-refractivity contribution in [2.24, 2.45) is 0 Å². The highest BCUT2D eigenvalue weighted by Gasteiger charge is 2.03. The third-order valence-corrected chi connectivity index (χ3v) is 2.51. The predicted molar refractivity (Wildman–Crippen MR) is 75.0 cm³/mol. The molecule has 3 nitrogen and oxygen atoms in total. The first kappa shape index (κ1) is 12.4. The third kappa shape index (κ3) is 3.00. The average Bonchev–Trinajstić information content (AvgIpc) is 2.38. The highest BCUT2D eigenvalue weighted by molar-refractivity contribution is 5.63. The minimum absolute atomic E-state index is 0.178. The Morgan fingerprint density at radius 2 is 1.89 bits per heavy atom. The zero-order valence-electron chi connectivity index (χ0n) is 11.0. The van der Waals surface area contributed by atoms with Crippen LogP contribution in [0.25, 0.3) is 11.3 Å². The molecule has 3 heteroatoms. The summed E-state index contributed by atoms with van der Waals surface area (Å²) in [5.41, 5.74) is 2.00. The van der Waals surface area contributed by atoms with Crippen molar-refractivity contribution in [1.82, 2.24) is 4.98 Å². The van der Waals surface area contributed by atoms with Crippen LogP contribution < -0.4 is 10.1 Å². The fourth-order valence-electron chi connectivity index (χ4n) is 1.74. The molecule has 94 valence electrons. The lowest BCUT2D eigenvalue weighted by atomic mass is 10.1. The maximum absolute atomic E-state index is 5.69. The van der Waals surface area contributed by atoms with Crippen LogP contribution >= 0.6 is 0 Å². The summed E-state index contributed by atoms with van der Waals surface area (Å²) in [6.07, 6.45) is 0.178. The number of aromatic nitrogens is 1. The van der Waals surface area contributed by atoms with Gasteiger partial charge in [-0.3, -0.25) is 0 Å². The first-order chi connectivity index (χ1) is 8.69. The quantitative estimate of drug-likeness (QED) is 0.889. The number of rotatable bonds is 4. The summed E-state index contributed by atoms with van der Waals surface area (Å²) in [6.45, 7) is 4.04. The number of benzene rings is 1. The Kier molecular flexibility index (Phi) is 3.82. The van der Waals surface area contributed by atoms with Gasteiger partial charge in [0, 0.05) is 12.6 Å². The van der Waals surface area contributed by atoms with Crippen LogP contribution in [0.4, 0.5) is 5.82 Å². The van der Waals surface area contributed by atoms with E-state index in [4.69, 9.17) is 4.74 Å². The molecule has 0 bridgehead atoms. The van der Waals surface area contributed by atoms with Gasteiger partial charge in [0.05, 0.1) is 11.8 Å². The van der Waals surface area contributed by atoms with Gasteiger partial charge in [0.1, 0.15) is 11.6 Å². The molecule has 0 amide bonds. The van der Waals surface area contributed by atoms with E-state index in [0.29, 0.717) is 0 Å². The zero-order chi connectivity index (χ0) is 13.0. The van der Waals surface area contributed by atoms with Crippen molar-refractivity contribution in [2.75, 3.05) is 12.4 Å². The molecule has 1 aromatic carbocycles. The summed E-state index contributed by atoms with van der Waals surface area (Å²) in [7, 11) is 1.87. The van der Waals surface area contributed by atoms with Crippen LogP contribution in [0.3, 0.4) is 0 Å². The minimum atomic E-state index is 0.178. The van der Waals surface area contributed by atoms with E-state index in [1.54, 1.807) is 0 Å². The lowest BCUT2D eigenvalue weighted by molar-refractivity contribution is 0.242. The molecule has 0 atom stereocenters. The van der Waals surface area contributed by atoms with Crippen molar-refractivity contribution in [3.8, 4) is 17.0 Å². The molecule has 0 aliphatic rings. The van der Waals surface area contributed by atoms with Crippen molar-refractivity contribution in [3.05, 3.63) is 42.5 Å². The van der Waals surface area contributed by atoms with E-state index in [1.165, 1.54) is 0 Å². The van der Waals surface area contributed by atoms with Crippen molar-refractivity contribution >= 4 is 5.82 Å². The molecule has 2 aromatic rings. The van der Waals surface area contributed by atoms with E-state index in [0.717, 1.165) is 22.8 Å². The molecule has 18 heavy (non-hydrogen) atoms. The van der Waals surface area contributed by atoms with Gasteiger partial charge in [0.2, 0.25) is 0 Å². The van der Waals surface area contributed by atoms with Crippen LogP contribution in [0, 0.1) is 0 Å². The van der Waals surface area contributed by atoms with Crippen LogP contribution in [-0.2, 0) is 0 Å². The molecular weight excluding hydrogens is 224 g/mol. The van der Waals surface area contributed by atoms with Crippen molar-refractivity contribution < 1.29 is 4.74 Å². The van der Waals surface area contributed by atoms with Gasteiger partial charge in [-0.2, -0.15) is 0 Å². The predicted octanol–water partition coefficient (Wildman–Crippen LogP) is 3.58. The topological polar surface area (TPSA) is 34.1 Å². The highest BCUT2D eigenvalue weighted by Crippen LogP contribution is 2.23. The Hall–Kier alpha value is -2.03. The molecule has 0 radical (unpaired) electrons. The van der Waals surface area contributed by atoms with Gasteiger partial charge in [-0.25, -0.2) is 4.98 Å². The average molecular weight is 242 g/mol. The van der Waals surface area contributed by atoms with E-state index >= 15 is 0 Å². The maximum atomic E-state index is 5.69. The fraction of sp³-hybridized carbons (Fsp3) is 0.267. The van der Waals surface area contributed by atoms with Crippen LogP contribution in [0.1, 0.15) is 13.8 Å². The molecule has 0 unspecified atom stereocenters. The molecule has 2 rings (SSSR count). The summed E-state index contributed by atoms with van der Waals surface area (Å²) in [5.74, 6) is 1.74. The summed E-state index contributed by atoms with van der Waals surface area (Å²) >= 11 is 0. The summed E-state index contributed by atoms with van der Waals surface area (Å²) in [4.78, 5) is 4.52. The maximum Gasteiger partial charge on any atom is 0.126 e. The summed E-state index contributed by atoms with van der Waals surface area (Å²) in [6, 6.07) is 13.9. The second kappa shape index (κ2) is 5.54. The molecule has 0 saturated carbocycles. The van der Waals surface area contributed by atoms with Gasteiger partial charge in [0.25, 0.3) is 0 Å². The standard InChI is InChI=1S/C15H18N2O/c1-11(2)18-13-7-4-6-12(10-13)14-8-5-9-15(16-3)17-14/h4-11H,1-3H3,(H,16,17).